The van der Waals surface area contributed by atoms with Gasteiger partial charge in [0.2, 0.25) is 0 Å². The molecule has 0 aromatic heterocycles. The van der Waals surface area contributed by atoms with Crippen LogP contribution in [0.4, 0.5) is 0 Å². The zero-order valence-corrected chi connectivity index (χ0v) is 11.4. The molecule has 0 aliphatic heterocycles. The first-order chi connectivity index (χ1) is 9.41. The molecule has 0 rings (SSSR count). The fourth-order valence-corrected chi connectivity index (χ4v) is 1.39. The molecule has 0 bridgehead atoms. The standard InChI is InChI=1S/C10H24N10/c11-7(12)19-9(15)17-5-3-1-2-4-6-18-10(16)20-8(13)14/h1-6H2,(H6,11,12,15,17,19)(H6,13,14,16,18,20). The van der Waals surface area contributed by atoms with E-state index in [1.165, 1.54) is 0 Å². The monoisotopic (exact) mass is 284 g/mol. The molecule has 0 aliphatic rings. The molecule has 12 N–H and O–H groups in total. The van der Waals surface area contributed by atoms with E-state index in [-0.39, 0.29) is 23.8 Å². The molecule has 0 aliphatic carbocycles. The van der Waals surface area contributed by atoms with Gasteiger partial charge in [0.05, 0.1) is 0 Å². The minimum atomic E-state index is -0.254. The summed E-state index contributed by atoms with van der Waals surface area (Å²) in [4.78, 5) is 0. The van der Waals surface area contributed by atoms with Crippen molar-refractivity contribution in [1.29, 1.82) is 21.6 Å². The van der Waals surface area contributed by atoms with Crippen molar-refractivity contribution in [3.63, 3.8) is 0 Å². The Morgan fingerprint density at radius 2 is 1.00 bits per heavy atom. The second kappa shape index (κ2) is 10.4. The van der Waals surface area contributed by atoms with E-state index in [1.807, 2.05) is 0 Å². The Morgan fingerprint density at radius 1 is 0.650 bits per heavy atom. The van der Waals surface area contributed by atoms with Crippen LogP contribution in [0.15, 0.2) is 0 Å². The van der Waals surface area contributed by atoms with Gasteiger partial charge in [0.15, 0.2) is 23.8 Å². The second-order valence-corrected chi connectivity index (χ2v) is 4.10. The molecule has 10 heteroatoms. The first-order valence-corrected chi connectivity index (χ1v) is 6.28. The first-order valence-electron chi connectivity index (χ1n) is 6.28. The van der Waals surface area contributed by atoms with E-state index in [9.17, 15) is 0 Å². The Bertz CT molecular complexity index is 316. The van der Waals surface area contributed by atoms with Crippen molar-refractivity contribution in [3.8, 4) is 0 Å². The third kappa shape index (κ3) is 12.0. The van der Waals surface area contributed by atoms with Crippen LogP contribution in [0.5, 0.6) is 0 Å². The highest BCUT2D eigenvalue weighted by Gasteiger charge is 1.97. The molecule has 0 atom stereocenters. The third-order valence-corrected chi connectivity index (χ3v) is 2.23. The molecule has 0 saturated carbocycles. The first kappa shape index (κ1) is 17.5. The van der Waals surface area contributed by atoms with Gasteiger partial charge in [0.25, 0.3) is 0 Å². The van der Waals surface area contributed by atoms with Crippen molar-refractivity contribution >= 4 is 23.8 Å². The van der Waals surface area contributed by atoms with Crippen LogP contribution in [0.2, 0.25) is 0 Å². The average molecular weight is 284 g/mol. The molecule has 0 spiro atoms. The molecule has 10 nitrogen and oxygen atoms in total. The van der Waals surface area contributed by atoms with Crippen molar-refractivity contribution in [2.24, 2.45) is 11.5 Å². The largest absolute Gasteiger partial charge is 0.370 e. The molecule has 0 amide bonds. The second-order valence-electron chi connectivity index (χ2n) is 4.10. The van der Waals surface area contributed by atoms with E-state index >= 15 is 0 Å². The van der Waals surface area contributed by atoms with E-state index < -0.39 is 0 Å². The smallest absolute Gasteiger partial charge is 0.195 e. The number of hydrogen-bond donors (Lipinski definition) is 10. The average Bonchev–Trinajstić information content (AvgIpc) is 2.30. The van der Waals surface area contributed by atoms with Gasteiger partial charge < -0.3 is 22.1 Å². The molecule has 20 heavy (non-hydrogen) atoms. The van der Waals surface area contributed by atoms with E-state index in [1.54, 1.807) is 0 Å². The molecule has 0 fully saturated rings. The summed E-state index contributed by atoms with van der Waals surface area (Å²) >= 11 is 0. The zero-order valence-electron chi connectivity index (χ0n) is 11.4. The third-order valence-electron chi connectivity index (χ3n) is 2.23. The van der Waals surface area contributed by atoms with Gasteiger partial charge in [-0.15, -0.1) is 0 Å². The predicted molar refractivity (Wildman–Crippen MR) is 80.0 cm³/mol. The molecule has 0 saturated heterocycles. The van der Waals surface area contributed by atoms with Gasteiger partial charge in [0.1, 0.15) is 0 Å². The van der Waals surface area contributed by atoms with Gasteiger partial charge in [-0.25, -0.2) is 0 Å². The molecular weight excluding hydrogens is 260 g/mol. The molecule has 0 aromatic rings. The Morgan fingerprint density at radius 3 is 1.30 bits per heavy atom. The lowest BCUT2D eigenvalue weighted by Crippen LogP contribution is -2.43. The molecule has 0 heterocycles. The highest BCUT2D eigenvalue weighted by atomic mass is 15.2. The van der Waals surface area contributed by atoms with Crippen LogP contribution < -0.4 is 32.7 Å². The van der Waals surface area contributed by atoms with Crippen LogP contribution in [0.3, 0.4) is 0 Å². The maximum atomic E-state index is 7.36. The van der Waals surface area contributed by atoms with Crippen LogP contribution in [0.1, 0.15) is 25.7 Å². The van der Waals surface area contributed by atoms with E-state index in [4.69, 9.17) is 33.1 Å². The van der Waals surface area contributed by atoms with Gasteiger partial charge in [0, 0.05) is 13.1 Å². The van der Waals surface area contributed by atoms with Crippen molar-refractivity contribution in [1.82, 2.24) is 21.3 Å². The number of rotatable bonds is 7. The Balaban J connectivity index is 3.33. The lowest BCUT2D eigenvalue weighted by Gasteiger charge is -2.09. The van der Waals surface area contributed by atoms with Crippen LogP contribution in [-0.2, 0) is 0 Å². The minimum absolute atomic E-state index is 0.0305. The van der Waals surface area contributed by atoms with Crippen molar-refractivity contribution in [3.05, 3.63) is 0 Å². The summed E-state index contributed by atoms with van der Waals surface area (Å²) < 4.78 is 0. The lowest BCUT2D eigenvalue weighted by atomic mass is 10.2. The van der Waals surface area contributed by atoms with Crippen molar-refractivity contribution in [2.75, 3.05) is 13.1 Å². The molecule has 114 valence electrons. The van der Waals surface area contributed by atoms with Gasteiger partial charge in [-0.3, -0.25) is 32.3 Å². The highest BCUT2D eigenvalue weighted by molar-refractivity contribution is 5.95. The molecule has 0 unspecified atom stereocenters. The highest BCUT2D eigenvalue weighted by Crippen LogP contribution is 1.97. The fraction of sp³-hybridized carbons (Fsp3) is 0.600. The summed E-state index contributed by atoms with van der Waals surface area (Å²) in [5, 5.41) is 38.9. The van der Waals surface area contributed by atoms with Crippen molar-refractivity contribution < 1.29 is 0 Å². The SMILES string of the molecule is N=C(N)NC(=N)NCCCCCCNC(=N)NC(=N)N. The molecular formula is C10H24N10. The summed E-state index contributed by atoms with van der Waals surface area (Å²) in [6.45, 7) is 1.29. The Hall–Kier alpha value is -2.52. The van der Waals surface area contributed by atoms with E-state index in [0.29, 0.717) is 13.1 Å². The number of hydrogen-bond acceptors (Lipinski definition) is 4. The topological polar surface area (TPSA) is 196 Å². The predicted octanol–water partition coefficient (Wildman–Crippen LogP) is -1.44. The maximum Gasteiger partial charge on any atom is 0.195 e. The summed E-state index contributed by atoms with van der Waals surface area (Å²) in [6, 6.07) is 0. The van der Waals surface area contributed by atoms with E-state index in [2.05, 4.69) is 21.3 Å². The van der Waals surface area contributed by atoms with Crippen LogP contribution in [0.25, 0.3) is 0 Å². The lowest BCUT2D eigenvalue weighted by molar-refractivity contribution is 0.619. The number of nitrogens with one attached hydrogen (secondary N) is 8. The maximum absolute atomic E-state index is 7.36. The van der Waals surface area contributed by atoms with Crippen LogP contribution in [0, 0.1) is 21.6 Å². The van der Waals surface area contributed by atoms with Crippen LogP contribution >= 0.6 is 0 Å². The Labute approximate surface area is 118 Å². The molecule has 0 radical (unpaired) electrons. The van der Waals surface area contributed by atoms with Crippen molar-refractivity contribution in [2.45, 2.75) is 25.7 Å². The summed E-state index contributed by atoms with van der Waals surface area (Å²) in [5.74, 6) is -0.448. The normalized spacial score (nSPS) is 9.40. The zero-order chi connectivity index (χ0) is 15.4. The quantitative estimate of drug-likeness (QED) is 0.154. The van der Waals surface area contributed by atoms with Gasteiger partial charge >= 0.3 is 0 Å². The number of nitrogens with two attached hydrogens (primary N) is 2. The van der Waals surface area contributed by atoms with Crippen LogP contribution in [-0.4, -0.2) is 36.9 Å². The summed E-state index contributed by atoms with van der Waals surface area (Å²) in [7, 11) is 0. The van der Waals surface area contributed by atoms with Gasteiger partial charge in [-0.2, -0.15) is 0 Å². The minimum Gasteiger partial charge on any atom is -0.370 e. The summed E-state index contributed by atoms with van der Waals surface area (Å²) in [5.41, 5.74) is 10.1. The molecule has 0 aromatic carbocycles. The Kier molecular flexibility index (Phi) is 9.10. The van der Waals surface area contributed by atoms with Gasteiger partial charge in [-0.1, -0.05) is 12.8 Å². The number of unbranched alkanes of at least 4 members (excludes halogenated alkanes) is 3. The fourth-order valence-electron chi connectivity index (χ4n) is 1.39. The summed E-state index contributed by atoms with van der Waals surface area (Å²) in [6.07, 6.45) is 3.81. The number of guanidine groups is 4. The van der Waals surface area contributed by atoms with E-state index in [0.717, 1.165) is 25.7 Å². The van der Waals surface area contributed by atoms with Gasteiger partial charge in [-0.05, 0) is 12.8 Å².